The molecule has 0 unspecified atom stereocenters. The van der Waals surface area contributed by atoms with Crippen LogP contribution in [0.15, 0.2) is 58.9 Å². The summed E-state index contributed by atoms with van der Waals surface area (Å²) in [5.41, 5.74) is 3.35. The molecule has 158 valence electrons. The maximum absolute atomic E-state index is 12.6. The minimum atomic E-state index is -3.61. The number of hydrogen-bond donors (Lipinski definition) is 2. The summed E-state index contributed by atoms with van der Waals surface area (Å²) in [5, 5.41) is 3.12. The molecular weight excluding hydrogens is 420 g/mol. The van der Waals surface area contributed by atoms with E-state index in [4.69, 9.17) is 0 Å². The van der Waals surface area contributed by atoms with Gasteiger partial charge in [0.15, 0.2) is 9.34 Å². The van der Waals surface area contributed by atoms with Gasteiger partial charge in [-0.1, -0.05) is 53.8 Å². The molecule has 1 aliphatic rings. The van der Waals surface area contributed by atoms with Gasteiger partial charge in [-0.15, -0.1) is 0 Å². The fourth-order valence-corrected chi connectivity index (χ4v) is 5.18. The number of rotatable bonds is 5. The molecule has 7 nitrogen and oxygen atoms in total. The van der Waals surface area contributed by atoms with Crippen LogP contribution in [0.4, 0.5) is 15.6 Å². The van der Waals surface area contributed by atoms with E-state index in [1.54, 1.807) is 14.0 Å². The first-order chi connectivity index (χ1) is 14.3. The summed E-state index contributed by atoms with van der Waals surface area (Å²) in [5.74, 6) is 0. The average Bonchev–Trinajstić information content (AvgIpc) is 3.10. The fraction of sp³-hybridized carbons (Fsp3) is 0.238. The summed E-state index contributed by atoms with van der Waals surface area (Å²) < 4.78 is 26.5. The SMILES string of the molecule is CNS(=O)(=O)c1sc(N(C)C(=O)Nc2ccc(/C3=C/C=C\C=C/CC3)cc2)nc1C. The maximum Gasteiger partial charge on any atom is 0.327 e. The van der Waals surface area contributed by atoms with Crippen molar-refractivity contribution in [2.75, 3.05) is 24.3 Å². The highest BCUT2D eigenvalue weighted by Gasteiger charge is 2.23. The average molecular weight is 445 g/mol. The topological polar surface area (TPSA) is 91.4 Å². The highest BCUT2D eigenvalue weighted by molar-refractivity contribution is 7.91. The monoisotopic (exact) mass is 444 g/mol. The van der Waals surface area contributed by atoms with Gasteiger partial charge in [0.2, 0.25) is 0 Å². The second-order valence-electron chi connectivity index (χ2n) is 6.69. The number of carbonyl (C=O) groups excluding carboxylic acids is 1. The molecule has 0 spiro atoms. The smallest absolute Gasteiger partial charge is 0.307 e. The van der Waals surface area contributed by atoms with Crippen molar-refractivity contribution in [3.63, 3.8) is 0 Å². The highest BCUT2D eigenvalue weighted by atomic mass is 32.2. The number of hydrogen-bond acceptors (Lipinski definition) is 5. The normalized spacial score (nSPS) is 17.9. The van der Waals surface area contributed by atoms with Gasteiger partial charge in [0.05, 0.1) is 5.69 Å². The number of anilines is 2. The number of thiazole rings is 1. The summed E-state index contributed by atoms with van der Waals surface area (Å²) in [4.78, 5) is 18.1. The lowest BCUT2D eigenvalue weighted by atomic mass is 9.99. The number of amides is 2. The van der Waals surface area contributed by atoms with Crippen LogP contribution in [0.5, 0.6) is 0 Å². The van der Waals surface area contributed by atoms with Crippen LogP contribution >= 0.6 is 11.3 Å². The van der Waals surface area contributed by atoms with Crippen molar-refractivity contribution in [3.05, 3.63) is 65.9 Å². The van der Waals surface area contributed by atoms with Crippen LogP contribution in [0.1, 0.15) is 24.1 Å². The molecule has 1 aromatic carbocycles. The molecule has 0 fully saturated rings. The van der Waals surface area contributed by atoms with E-state index in [0.29, 0.717) is 16.5 Å². The molecule has 1 heterocycles. The first-order valence-corrected chi connectivity index (χ1v) is 11.7. The lowest BCUT2D eigenvalue weighted by Crippen LogP contribution is -2.31. The zero-order valence-electron chi connectivity index (χ0n) is 17.0. The van der Waals surface area contributed by atoms with Crippen molar-refractivity contribution in [1.29, 1.82) is 0 Å². The Balaban J connectivity index is 1.71. The Morgan fingerprint density at radius 3 is 2.60 bits per heavy atom. The van der Waals surface area contributed by atoms with Crippen molar-refractivity contribution < 1.29 is 13.2 Å². The van der Waals surface area contributed by atoms with Gasteiger partial charge in [-0.25, -0.2) is 22.9 Å². The number of aryl methyl sites for hydroxylation is 1. The molecule has 9 heteroatoms. The van der Waals surface area contributed by atoms with Gasteiger partial charge in [0.1, 0.15) is 0 Å². The van der Waals surface area contributed by atoms with Crippen LogP contribution in [-0.4, -0.2) is 33.5 Å². The Kier molecular flexibility index (Phi) is 6.86. The molecule has 0 saturated carbocycles. The summed E-state index contributed by atoms with van der Waals surface area (Å²) in [6.45, 7) is 1.60. The molecule has 0 saturated heterocycles. The van der Waals surface area contributed by atoms with Crippen molar-refractivity contribution >= 4 is 43.8 Å². The highest BCUT2D eigenvalue weighted by Crippen LogP contribution is 2.29. The van der Waals surface area contributed by atoms with Gasteiger partial charge >= 0.3 is 6.03 Å². The molecule has 0 radical (unpaired) electrons. The van der Waals surface area contributed by atoms with Crippen LogP contribution in [0.2, 0.25) is 0 Å². The molecule has 1 aromatic heterocycles. The minimum absolute atomic E-state index is 0.0976. The van der Waals surface area contributed by atoms with E-state index in [-0.39, 0.29) is 4.21 Å². The number of aromatic nitrogens is 1. The van der Waals surface area contributed by atoms with Gasteiger partial charge in [0.25, 0.3) is 10.0 Å². The summed E-state index contributed by atoms with van der Waals surface area (Å²) in [7, 11) is -0.719. The van der Waals surface area contributed by atoms with Crippen molar-refractivity contribution in [2.45, 2.75) is 24.0 Å². The molecule has 2 amide bonds. The van der Waals surface area contributed by atoms with Crippen LogP contribution < -0.4 is 14.9 Å². The number of nitrogens with one attached hydrogen (secondary N) is 2. The third-order valence-electron chi connectivity index (χ3n) is 4.59. The van der Waals surface area contributed by atoms with E-state index in [0.717, 1.165) is 29.7 Å². The third-order valence-corrected chi connectivity index (χ3v) is 7.85. The second kappa shape index (κ2) is 9.38. The van der Waals surface area contributed by atoms with Gasteiger partial charge in [0, 0.05) is 12.7 Å². The Bertz CT molecular complexity index is 1110. The molecule has 2 aromatic rings. The molecule has 0 atom stereocenters. The molecule has 3 rings (SSSR count). The predicted molar refractivity (Wildman–Crippen MR) is 122 cm³/mol. The molecule has 0 aliphatic heterocycles. The summed E-state index contributed by atoms with van der Waals surface area (Å²) >= 11 is 0.947. The molecule has 0 bridgehead atoms. The summed E-state index contributed by atoms with van der Waals surface area (Å²) in [6, 6.07) is 7.26. The second-order valence-corrected chi connectivity index (χ2v) is 9.75. The van der Waals surface area contributed by atoms with E-state index in [1.807, 2.05) is 42.5 Å². The Labute approximate surface area is 180 Å². The largest absolute Gasteiger partial charge is 0.327 e. The quantitative estimate of drug-likeness (QED) is 0.719. The Morgan fingerprint density at radius 2 is 1.90 bits per heavy atom. The third kappa shape index (κ3) is 5.05. The van der Waals surface area contributed by atoms with E-state index in [2.05, 4.69) is 27.2 Å². The molecule has 30 heavy (non-hydrogen) atoms. The first kappa shape index (κ1) is 21.9. The first-order valence-electron chi connectivity index (χ1n) is 9.40. The van der Waals surface area contributed by atoms with Crippen LogP contribution in [0, 0.1) is 6.92 Å². The minimum Gasteiger partial charge on any atom is -0.307 e. The van der Waals surface area contributed by atoms with Crippen molar-refractivity contribution in [3.8, 4) is 0 Å². The van der Waals surface area contributed by atoms with Gasteiger partial charge in [-0.3, -0.25) is 4.90 Å². The number of sulfonamides is 1. The standard InChI is InChI=1S/C21H24N4O3S2/c1-15-19(30(27,28)22-2)29-21(23-15)25(3)20(26)24-18-13-11-17(12-14-18)16-9-7-5-4-6-8-10-16/h4-7,9,11-14,22H,8,10H2,1-3H3,(H,24,26)/b6-4-,7-5-,16-9+. The molecule has 1 aliphatic carbocycles. The predicted octanol–water partition coefficient (Wildman–Crippen LogP) is 4.32. The summed E-state index contributed by atoms with van der Waals surface area (Å²) in [6.07, 6.45) is 12.3. The number of allylic oxidation sites excluding steroid dienone is 6. The van der Waals surface area contributed by atoms with Gasteiger partial charge in [-0.2, -0.15) is 0 Å². The number of carbonyl (C=O) groups is 1. The van der Waals surface area contributed by atoms with Gasteiger partial charge < -0.3 is 5.32 Å². The zero-order valence-corrected chi connectivity index (χ0v) is 18.7. The fourth-order valence-electron chi connectivity index (χ4n) is 2.89. The van der Waals surface area contributed by atoms with Crippen LogP contribution in [0.3, 0.4) is 0 Å². The van der Waals surface area contributed by atoms with Crippen molar-refractivity contribution in [1.82, 2.24) is 9.71 Å². The van der Waals surface area contributed by atoms with Crippen LogP contribution in [-0.2, 0) is 10.0 Å². The number of nitrogens with zero attached hydrogens (tertiary/aromatic N) is 2. The van der Waals surface area contributed by atoms with E-state index in [1.165, 1.54) is 17.5 Å². The lowest BCUT2D eigenvalue weighted by molar-refractivity contribution is 0.258. The van der Waals surface area contributed by atoms with Gasteiger partial charge in [-0.05, 0) is 50.1 Å². The van der Waals surface area contributed by atoms with E-state index in [9.17, 15) is 13.2 Å². The number of urea groups is 1. The van der Waals surface area contributed by atoms with Crippen molar-refractivity contribution in [2.24, 2.45) is 0 Å². The van der Waals surface area contributed by atoms with Crippen LogP contribution in [0.25, 0.3) is 5.57 Å². The van der Waals surface area contributed by atoms with E-state index < -0.39 is 16.1 Å². The molecular formula is C21H24N4O3S2. The maximum atomic E-state index is 12.6. The Hall–Kier alpha value is -2.75. The van der Waals surface area contributed by atoms with E-state index >= 15 is 0 Å². The number of benzene rings is 1. The Morgan fingerprint density at radius 1 is 1.17 bits per heavy atom. The lowest BCUT2D eigenvalue weighted by Gasteiger charge is -2.15. The molecule has 2 N–H and O–H groups in total. The zero-order chi connectivity index (χ0) is 21.7.